The van der Waals surface area contributed by atoms with Gasteiger partial charge in [-0.2, -0.15) is 0 Å². The van der Waals surface area contributed by atoms with Crippen molar-refractivity contribution in [1.82, 2.24) is 25.9 Å². The number of imidazole rings is 1. The zero-order valence-electron chi connectivity index (χ0n) is 20.6. The highest BCUT2D eigenvalue weighted by Crippen LogP contribution is 2.07. The van der Waals surface area contributed by atoms with E-state index in [-0.39, 0.29) is 12.8 Å². The number of aliphatic carboxylic acids is 1. The van der Waals surface area contributed by atoms with E-state index in [9.17, 15) is 29.1 Å². The molecule has 4 amide bonds. The Morgan fingerprint density at radius 3 is 2.11 bits per heavy atom. The van der Waals surface area contributed by atoms with Gasteiger partial charge in [-0.05, 0) is 11.5 Å². The number of H-pyrrole nitrogens is 1. The van der Waals surface area contributed by atoms with Crippen molar-refractivity contribution in [1.29, 1.82) is 0 Å². The van der Waals surface area contributed by atoms with E-state index in [1.54, 1.807) is 44.2 Å². The largest absolute Gasteiger partial charge is 0.480 e. The summed E-state index contributed by atoms with van der Waals surface area (Å²) < 4.78 is 0. The van der Waals surface area contributed by atoms with Crippen LogP contribution in [0, 0.1) is 5.92 Å². The molecule has 0 spiro atoms. The summed E-state index contributed by atoms with van der Waals surface area (Å²) in [5.41, 5.74) is 12.6. The van der Waals surface area contributed by atoms with Crippen molar-refractivity contribution in [3.05, 3.63) is 54.1 Å². The summed E-state index contributed by atoms with van der Waals surface area (Å²) in [6.45, 7) is 3.19. The van der Waals surface area contributed by atoms with E-state index >= 15 is 0 Å². The number of carboxylic acid groups (broad SMARTS) is 1. The number of hydrogen-bond donors (Lipinski definition) is 7. The van der Waals surface area contributed by atoms with E-state index in [1.807, 2.05) is 0 Å². The Bertz CT molecular complexity index is 1070. The number of nitrogens with one attached hydrogen (secondary N) is 4. The molecule has 37 heavy (non-hydrogen) atoms. The van der Waals surface area contributed by atoms with Gasteiger partial charge in [-0.3, -0.25) is 19.2 Å². The highest BCUT2D eigenvalue weighted by Gasteiger charge is 2.32. The second-order valence-corrected chi connectivity index (χ2v) is 8.94. The maximum absolute atomic E-state index is 13.2. The van der Waals surface area contributed by atoms with Gasteiger partial charge in [0.25, 0.3) is 0 Å². The van der Waals surface area contributed by atoms with Crippen LogP contribution in [-0.2, 0) is 36.8 Å². The Labute approximate surface area is 213 Å². The quantitative estimate of drug-likeness (QED) is 0.158. The monoisotopic (exact) mass is 515 g/mol. The third-order valence-corrected chi connectivity index (χ3v) is 5.52. The van der Waals surface area contributed by atoms with Crippen molar-refractivity contribution in [3.63, 3.8) is 0 Å². The van der Waals surface area contributed by atoms with Gasteiger partial charge in [0.2, 0.25) is 23.6 Å². The van der Waals surface area contributed by atoms with Gasteiger partial charge in [-0.25, -0.2) is 9.78 Å². The number of carbonyl (C=O) groups excluding carboxylic acids is 4. The molecule has 1 aromatic carbocycles. The normalized spacial score (nSPS) is 14.2. The lowest BCUT2D eigenvalue weighted by Gasteiger charge is -2.25. The second kappa shape index (κ2) is 13.7. The first-order valence-corrected chi connectivity index (χ1v) is 11.7. The van der Waals surface area contributed by atoms with Crippen LogP contribution in [0.3, 0.4) is 0 Å². The summed E-state index contributed by atoms with van der Waals surface area (Å²) in [4.78, 5) is 68.7. The summed E-state index contributed by atoms with van der Waals surface area (Å²) in [5, 5.41) is 16.7. The average Bonchev–Trinajstić information content (AvgIpc) is 3.34. The Kier molecular flexibility index (Phi) is 10.8. The topological polar surface area (TPSA) is 222 Å². The van der Waals surface area contributed by atoms with E-state index in [1.165, 1.54) is 12.5 Å². The molecule has 0 saturated heterocycles. The van der Waals surface area contributed by atoms with Gasteiger partial charge in [0.05, 0.1) is 18.8 Å². The van der Waals surface area contributed by atoms with Gasteiger partial charge in [0.15, 0.2) is 0 Å². The lowest BCUT2D eigenvalue weighted by molar-refractivity contribution is -0.143. The molecule has 1 aromatic heterocycles. The molecule has 0 radical (unpaired) electrons. The third-order valence-electron chi connectivity index (χ3n) is 5.52. The van der Waals surface area contributed by atoms with Crippen molar-refractivity contribution in [2.24, 2.45) is 17.4 Å². The fourth-order valence-electron chi connectivity index (χ4n) is 3.51. The number of aromatic amines is 1. The number of nitrogens with two attached hydrogens (primary N) is 2. The Hall–Kier alpha value is -4.26. The maximum Gasteiger partial charge on any atom is 0.326 e. The number of carbonyl (C=O) groups is 5. The van der Waals surface area contributed by atoms with Crippen molar-refractivity contribution in [3.8, 4) is 0 Å². The predicted octanol–water partition coefficient (Wildman–Crippen LogP) is -1.41. The molecule has 4 unspecified atom stereocenters. The summed E-state index contributed by atoms with van der Waals surface area (Å²) in [7, 11) is 0. The van der Waals surface area contributed by atoms with Crippen molar-refractivity contribution < 1.29 is 29.1 Å². The number of rotatable bonds is 14. The zero-order valence-corrected chi connectivity index (χ0v) is 20.6. The number of primary amides is 1. The van der Waals surface area contributed by atoms with Crippen molar-refractivity contribution in [2.45, 2.75) is 57.3 Å². The number of aromatic nitrogens is 2. The predicted molar refractivity (Wildman–Crippen MR) is 132 cm³/mol. The van der Waals surface area contributed by atoms with Crippen molar-refractivity contribution >= 4 is 29.6 Å². The Morgan fingerprint density at radius 1 is 0.946 bits per heavy atom. The molecular weight excluding hydrogens is 482 g/mol. The summed E-state index contributed by atoms with van der Waals surface area (Å²) in [6, 6.07) is 3.95. The Balaban J connectivity index is 2.21. The average molecular weight is 516 g/mol. The van der Waals surface area contributed by atoms with Crippen LogP contribution in [0.5, 0.6) is 0 Å². The summed E-state index contributed by atoms with van der Waals surface area (Å²) in [6.07, 6.45) is 2.60. The minimum absolute atomic E-state index is 0.0594. The molecule has 0 bridgehead atoms. The van der Waals surface area contributed by atoms with Gasteiger partial charge < -0.3 is 37.5 Å². The van der Waals surface area contributed by atoms with Gasteiger partial charge in [-0.15, -0.1) is 0 Å². The number of amides is 4. The zero-order chi connectivity index (χ0) is 27.5. The summed E-state index contributed by atoms with van der Waals surface area (Å²) >= 11 is 0. The van der Waals surface area contributed by atoms with E-state index in [2.05, 4.69) is 25.9 Å². The van der Waals surface area contributed by atoms with Crippen LogP contribution in [0.4, 0.5) is 0 Å². The molecule has 0 fully saturated rings. The molecule has 13 heteroatoms. The number of hydrogen-bond acceptors (Lipinski definition) is 7. The summed E-state index contributed by atoms with van der Waals surface area (Å²) in [5.74, 6) is -4.91. The third kappa shape index (κ3) is 9.37. The highest BCUT2D eigenvalue weighted by atomic mass is 16.4. The van der Waals surface area contributed by atoms with Crippen molar-refractivity contribution in [2.75, 3.05) is 0 Å². The molecule has 2 aromatic rings. The van der Waals surface area contributed by atoms with Crippen LogP contribution in [0.1, 0.15) is 31.5 Å². The maximum atomic E-state index is 13.2. The molecule has 2 rings (SSSR count). The molecule has 1 heterocycles. The first-order valence-electron chi connectivity index (χ1n) is 11.7. The fourth-order valence-corrected chi connectivity index (χ4v) is 3.51. The van der Waals surface area contributed by atoms with E-state index in [4.69, 9.17) is 11.5 Å². The second-order valence-electron chi connectivity index (χ2n) is 8.94. The smallest absolute Gasteiger partial charge is 0.326 e. The van der Waals surface area contributed by atoms with Gasteiger partial charge in [0.1, 0.15) is 18.1 Å². The van der Waals surface area contributed by atoms with Gasteiger partial charge >= 0.3 is 5.97 Å². The van der Waals surface area contributed by atoms with Crippen LogP contribution in [0.25, 0.3) is 0 Å². The number of carboxylic acids is 1. The minimum atomic E-state index is -1.46. The number of benzene rings is 1. The molecule has 9 N–H and O–H groups in total. The standard InChI is InChI=1S/C24H33N7O6/c1-13(2)20(24(36)37)31-23(35)18(10-19(26)32)30-22(34)17(8-14-6-4-3-5-7-14)29-21(33)16(25)9-15-11-27-12-28-15/h3-7,11-13,16-18,20H,8-10,25H2,1-2H3,(H2,26,32)(H,27,28)(H,29,33)(H,30,34)(H,31,35)(H,36,37). The molecule has 0 aliphatic carbocycles. The molecular formula is C24H33N7O6. The molecule has 0 aliphatic heterocycles. The molecule has 0 saturated carbocycles. The molecule has 0 aliphatic rings. The van der Waals surface area contributed by atoms with Crippen LogP contribution in [0.2, 0.25) is 0 Å². The van der Waals surface area contributed by atoms with E-state index in [0.717, 1.165) is 0 Å². The lowest BCUT2D eigenvalue weighted by atomic mass is 10.0. The number of nitrogens with zero attached hydrogens (tertiary/aromatic N) is 1. The van der Waals surface area contributed by atoms with Gasteiger partial charge in [0, 0.05) is 24.7 Å². The highest BCUT2D eigenvalue weighted by molar-refractivity contribution is 5.96. The molecule has 4 atom stereocenters. The first kappa shape index (κ1) is 29.0. The Morgan fingerprint density at radius 2 is 1.57 bits per heavy atom. The van der Waals surface area contributed by atoms with Gasteiger partial charge in [-0.1, -0.05) is 44.2 Å². The lowest BCUT2D eigenvalue weighted by Crippen LogP contribution is -2.58. The van der Waals surface area contributed by atoms with Crippen LogP contribution in [-0.4, -0.2) is 68.8 Å². The SMILES string of the molecule is CC(C)C(NC(=O)C(CC(N)=O)NC(=O)C(Cc1ccccc1)NC(=O)C(N)Cc1cnc[nH]1)C(=O)O. The first-order chi connectivity index (χ1) is 17.5. The molecule has 200 valence electrons. The fraction of sp³-hybridized carbons (Fsp3) is 0.417. The molecule has 13 nitrogen and oxygen atoms in total. The van der Waals surface area contributed by atoms with Crippen LogP contribution >= 0.6 is 0 Å². The van der Waals surface area contributed by atoms with E-state index < -0.39 is 66.1 Å². The minimum Gasteiger partial charge on any atom is -0.480 e. The van der Waals surface area contributed by atoms with Crippen LogP contribution < -0.4 is 27.4 Å². The van der Waals surface area contributed by atoms with E-state index in [0.29, 0.717) is 11.3 Å². The van der Waals surface area contributed by atoms with Crippen LogP contribution in [0.15, 0.2) is 42.9 Å².